The lowest BCUT2D eigenvalue weighted by Gasteiger charge is -2.22. The van der Waals surface area contributed by atoms with E-state index in [2.05, 4.69) is 20.0 Å². The molecule has 0 aliphatic heterocycles. The average molecular weight is 497 g/mol. The van der Waals surface area contributed by atoms with Gasteiger partial charge in [-0.1, -0.05) is 0 Å². The standard InChI is InChI=1S/C16H27N5O3S.HI/c1-17-16(21(2)10-11-24-13-14-5-6-14)19-8-9-20-25(22,23)15-4-3-7-18-12-15;/h3-4,7,12,14,20H,5-6,8-11,13H2,1-2H3,(H,17,19);1H. The van der Waals surface area contributed by atoms with Crippen LogP contribution in [0, 0.1) is 5.92 Å². The summed E-state index contributed by atoms with van der Waals surface area (Å²) in [5.41, 5.74) is 0. The molecule has 26 heavy (non-hydrogen) atoms. The Labute approximate surface area is 172 Å². The molecule has 0 unspecified atom stereocenters. The monoisotopic (exact) mass is 497 g/mol. The Hall–Kier alpha value is -0.980. The second-order valence-corrected chi connectivity index (χ2v) is 7.77. The van der Waals surface area contributed by atoms with Gasteiger partial charge in [0.1, 0.15) is 4.90 Å². The van der Waals surface area contributed by atoms with Gasteiger partial charge in [-0.05, 0) is 30.9 Å². The molecule has 1 heterocycles. The summed E-state index contributed by atoms with van der Waals surface area (Å²) in [6.07, 6.45) is 5.43. The predicted octanol–water partition coefficient (Wildman–Crippen LogP) is 0.912. The summed E-state index contributed by atoms with van der Waals surface area (Å²) in [5.74, 6) is 1.46. The van der Waals surface area contributed by atoms with Gasteiger partial charge in [-0.25, -0.2) is 13.1 Å². The number of sulfonamides is 1. The van der Waals surface area contributed by atoms with E-state index in [1.165, 1.54) is 31.3 Å². The van der Waals surface area contributed by atoms with Crippen molar-refractivity contribution in [2.45, 2.75) is 17.7 Å². The van der Waals surface area contributed by atoms with Crippen molar-refractivity contribution in [3.63, 3.8) is 0 Å². The van der Waals surface area contributed by atoms with E-state index in [0.29, 0.717) is 19.1 Å². The number of ether oxygens (including phenoxy) is 1. The second-order valence-electron chi connectivity index (χ2n) is 6.00. The number of guanidine groups is 1. The van der Waals surface area contributed by atoms with Gasteiger partial charge in [0.2, 0.25) is 10.0 Å². The Balaban J connectivity index is 0.00000338. The molecule has 0 saturated heterocycles. The molecule has 1 aromatic rings. The van der Waals surface area contributed by atoms with Gasteiger partial charge in [0.25, 0.3) is 0 Å². The molecule has 0 aromatic carbocycles. The summed E-state index contributed by atoms with van der Waals surface area (Å²) in [6.45, 7) is 2.91. The fraction of sp³-hybridized carbons (Fsp3) is 0.625. The zero-order chi connectivity index (χ0) is 18.1. The number of aliphatic imine (C=N–C) groups is 1. The van der Waals surface area contributed by atoms with E-state index in [4.69, 9.17) is 4.74 Å². The first kappa shape index (κ1) is 23.1. The topological polar surface area (TPSA) is 95.9 Å². The molecule has 2 N–H and O–H groups in total. The Morgan fingerprint density at radius 1 is 1.42 bits per heavy atom. The van der Waals surface area contributed by atoms with Crippen molar-refractivity contribution in [3.8, 4) is 0 Å². The van der Waals surface area contributed by atoms with E-state index >= 15 is 0 Å². The maximum absolute atomic E-state index is 12.1. The molecular formula is C16H28IN5O3S. The van der Waals surface area contributed by atoms with Crippen molar-refractivity contribution in [3.05, 3.63) is 24.5 Å². The van der Waals surface area contributed by atoms with Crippen LogP contribution in [-0.4, -0.2) is 71.2 Å². The molecule has 1 saturated carbocycles. The quantitative estimate of drug-likeness (QED) is 0.216. The number of nitrogens with zero attached hydrogens (tertiary/aromatic N) is 3. The average Bonchev–Trinajstić information content (AvgIpc) is 3.44. The molecule has 0 amide bonds. The number of hydrogen-bond acceptors (Lipinski definition) is 5. The lowest BCUT2D eigenvalue weighted by molar-refractivity contribution is 0.115. The number of aromatic nitrogens is 1. The smallest absolute Gasteiger partial charge is 0.242 e. The summed E-state index contributed by atoms with van der Waals surface area (Å²) in [4.78, 5) is 10.1. The molecule has 1 aromatic heterocycles. The Morgan fingerprint density at radius 2 is 2.19 bits per heavy atom. The fourth-order valence-corrected chi connectivity index (χ4v) is 3.17. The third-order valence-electron chi connectivity index (χ3n) is 3.84. The van der Waals surface area contributed by atoms with Crippen molar-refractivity contribution in [1.82, 2.24) is 19.9 Å². The van der Waals surface area contributed by atoms with Crippen LogP contribution in [0.4, 0.5) is 0 Å². The number of halogens is 1. The van der Waals surface area contributed by atoms with Crippen LogP contribution in [0.25, 0.3) is 0 Å². The molecule has 0 atom stereocenters. The van der Waals surface area contributed by atoms with Crippen LogP contribution in [0.2, 0.25) is 0 Å². The molecular weight excluding hydrogens is 469 g/mol. The van der Waals surface area contributed by atoms with Crippen LogP contribution in [0.15, 0.2) is 34.4 Å². The molecule has 148 valence electrons. The van der Waals surface area contributed by atoms with Gasteiger partial charge < -0.3 is 15.0 Å². The molecule has 0 bridgehead atoms. The number of hydrogen-bond donors (Lipinski definition) is 2. The summed E-state index contributed by atoms with van der Waals surface area (Å²) < 4.78 is 32.3. The fourth-order valence-electron chi connectivity index (χ4n) is 2.18. The molecule has 0 radical (unpaired) electrons. The van der Waals surface area contributed by atoms with Crippen LogP contribution >= 0.6 is 24.0 Å². The van der Waals surface area contributed by atoms with Gasteiger partial charge in [-0.15, -0.1) is 24.0 Å². The van der Waals surface area contributed by atoms with Crippen LogP contribution in [0.5, 0.6) is 0 Å². The summed E-state index contributed by atoms with van der Waals surface area (Å²) in [7, 11) is 0.0933. The van der Waals surface area contributed by atoms with Crippen LogP contribution < -0.4 is 10.0 Å². The van der Waals surface area contributed by atoms with Gasteiger partial charge in [0.05, 0.1) is 6.61 Å². The highest BCUT2D eigenvalue weighted by Crippen LogP contribution is 2.28. The van der Waals surface area contributed by atoms with Crippen LogP contribution in [0.1, 0.15) is 12.8 Å². The van der Waals surface area contributed by atoms with Gasteiger partial charge in [-0.3, -0.25) is 9.98 Å². The second kappa shape index (κ2) is 11.7. The van der Waals surface area contributed by atoms with Crippen molar-refractivity contribution in [2.75, 3.05) is 46.9 Å². The molecule has 8 nitrogen and oxygen atoms in total. The molecule has 1 aliphatic carbocycles. The highest BCUT2D eigenvalue weighted by molar-refractivity contribution is 14.0. The highest BCUT2D eigenvalue weighted by Gasteiger charge is 2.21. The van der Waals surface area contributed by atoms with E-state index in [-0.39, 0.29) is 35.4 Å². The normalized spacial score (nSPS) is 14.6. The minimum absolute atomic E-state index is 0. The SMILES string of the molecule is CN=C(NCCNS(=O)(=O)c1cccnc1)N(C)CCOCC1CC1.I. The maximum atomic E-state index is 12.1. The van der Waals surface area contributed by atoms with Crippen LogP contribution in [-0.2, 0) is 14.8 Å². The van der Waals surface area contributed by atoms with Crippen molar-refractivity contribution >= 4 is 40.0 Å². The maximum Gasteiger partial charge on any atom is 0.242 e. The third kappa shape index (κ3) is 8.14. The zero-order valence-electron chi connectivity index (χ0n) is 15.2. The first-order chi connectivity index (χ1) is 12.0. The lowest BCUT2D eigenvalue weighted by atomic mass is 10.5. The lowest BCUT2D eigenvalue weighted by Crippen LogP contribution is -2.43. The largest absolute Gasteiger partial charge is 0.379 e. The first-order valence-electron chi connectivity index (χ1n) is 8.42. The van der Waals surface area contributed by atoms with E-state index in [1.54, 1.807) is 13.1 Å². The Bertz CT molecular complexity index is 653. The van der Waals surface area contributed by atoms with Crippen LogP contribution in [0.3, 0.4) is 0 Å². The molecule has 1 fully saturated rings. The van der Waals surface area contributed by atoms with Gasteiger partial charge in [0.15, 0.2) is 5.96 Å². The summed E-state index contributed by atoms with van der Waals surface area (Å²) in [5, 5.41) is 3.13. The number of likely N-dealkylation sites (N-methyl/N-ethyl adjacent to an activating group) is 1. The van der Waals surface area contributed by atoms with E-state index in [9.17, 15) is 8.42 Å². The zero-order valence-corrected chi connectivity index (χ0v) is 18.4. The van der Waals surface area contributed by atoms with E-state index < -0.39 is 10.0 Å². The molecule has 10 heteroatoms. The Morgan fingerprint density at radius 3 is 2.81 bits per heavy atom. The minimum atomic E-state index is -3.53. The molecule has 1 aliphatic rings. The first-order valence-corrected chi connectivity index (χ1v) is 9.90. The van der Waals surface area contributed by atoms with Crippen molar-refractivity contribution < 1.29 is 13.2 Å². The summed E-state index contributed by atoms with van der Waals surface area (Å²) >= 11 is 0. The third-order valence-corrected chi connectivity index (χ3v) is 5.29. The van der Waals surface area contributed by atoms with E-state index in [1.807, 2.05) is 11.9 Å². The molecule has 0 spiro atoms. The number of nitrogens with one attached hydrogen (secondary N) is 2. The number of pyridine rings is 1. The summed E-state index contributed by atoms with van der Waals surface area (Å²) in [6, 6.07) is 3.10. The van der Waals surface area contributed by atoms with E-state index in [0.717, 1.165) is 19.1 Å². The number of rotatable bonds is 10. The Kier molecular flexibility index (Phi) is 10.4. The minimum Gasteiger partial charge on any atom is -0.379 e. The molecule has 2 rings (SSSR count). The van der Waals surface area contributed by atoms with Gasteiger partial charge in [0, 0.05) is 52.7 Å². The van der Waals surface area contributed by atoms with Crippen molar-refractivity contribution in [1.29, 1.82) is 0 Å². The van der Waals surface area contributed by atoms with Crippen molar-refractivity contribution in [2.24, 2.45) is 10.9 Å². The van der Waals surface area contributed by atoms with Gasteiger partial charge >= 0.3 is 0 Å². The highest BCUT2D eigenvalue weighted by atomic mass is 127. The van der Waals surface area contributed by atoms with Gasteiger partial charge in [-0.2, -0.15) is 0 Å². The predicted molar refractivity (Wildman–Crippen MR) is 112 cm³/mol.